The minimum atomic E-state index is -0.0807. The van der Waals surface area contributed by atoms with Gasteiger partial charge in [0.25, 0.3) is 5.91 Å². The summed E-state index contributed by atoms with van der Waals surface area (Å²) >= 11 is 0. The van der Waals surface area contributed by atoms with E-state index in [1.54, 1.807) is 0 Å². The van der Waals surface area contributed by atoms with Crippen LogP contribution in [0.4, 0.5) is 0 Å². The molecule has 3 heterocycles. The minimum Gasteiger partial charge on any atom is -0.349 e. The number of likely N-dealkylation sites (tertiary alicyclic amines) is 1. The van der Waals surface area contributed by atoms with Crippen LogP contribution in [0.5, 0.6) is 0 Å². The molecule has 29 heavy (non-hydrogen) atoms. The highest BCUT2D eigenvalue weighted by atomic mass is 35.5. The lowest BCUT2D eigenvalue weighted by atomic mass is 9.93. The summed E-state index contributed by atoms with van der Waals surface area (Å²) in [6, 6.07) is 0.772. The lowest BCUT2D eigenvalue weighted by Crippen LogP contribution is -2.47. The molecule has 2 saturated heterocycles. The standard InChI is InChI=1S/C20H36N6O.2ClH/c1-4-16(5-2)18(25-12-6-7-13-25)14-22-20(27)19-15(3)26(24-23-19)17-8-10-21-11-9-17;;/h16-18,21H,4-14H2,1-3H3,(H,22,27);2*1H. The van der Waals surface area contributed by atoms with Crippen LogP contribution < -0.4 is 10.6 Å². The molecule has 2 aliphatic rings. The van der Waals surface area contributed by atoms with E-state index in [0.717, 1.165) is 57.6 Å². The molecule has 1 unspecified atom stereocenters. The maximum absolute atomic E-state index is 12.8. The van der Waals surface area contributed by atoms with Gasteiger partial charge in [-0.25, -0.2) is 4.68 Å². The zero-order valence-electron chi connectivity index (χ0n) is 18.0. The molecule has 1 aromatic rings. The summed E-state index contributed by atoms with van der Waals surface area (Å²) in [5.41, 5.74) is 1.37. The average Bonchev–Trinajstić information content (AvgIpc) is 3.35. The van der Waals surface area contributed by atoms with Gasteiger partial charge in [0.15, 0.2) is 5.69 Å². The van der Waals surface area contributed by atoms with Crippen LogP contribution in [0.25, 0.3) is 0 Å². The maximum atomic E-state index is 12.8. The van der Waals surface area contributed by atoms with Crippen LogP contribution in [0.3, 0.4) is 0 Å². The number of piperidine rings is 1. The van der Waals surface area contributed by atoms with E-state index in [1.807, 2.05) is 11.6 Å². The van der Waals surface area contributed by atoms with Gasteiger partial charge in [0.1, 0.15) is 0 Å². The van der Waals surface area contributed by atoms with Crippen LogP contribution in [-0.2, 0) is 0 Å². The quantitative estimate of drug-likeness (QED) is 0.638. The van der Waals surface area contributed by atoms with Crippen LogP contribution in [-0.4, -0.2) is 64.6 Å². The van der Waals surface area contributed by atoms with Crippen LogP contribution in [0.15, 0.2) is 0 Å². The van der Waals surface area contributed by atoms with E-state index >= 15 is 0 Å². The van der Waals surface area contributed by atoms with Gasteiger partial charge < -0.3 is 10.6 Å². The van der Waals surface area contributed by atoms with Crippen molar-refractivity contribution in [3.63, 3.8) is 0 Å². The van der Waals surface area contributed by atoms with Crippen LogP contribution in [0, 0.1) is 12.8 Å². The second-order valence-corrected chi connectivity index (χ2v) is 8.05. The van der Waals surface area contributed by atoms with E-state index in [1.165, 1.54) is 12.8 Å². The third-order valence-electron chi connectivity index (χ3n) is 6.47. The molecule has 0 aliphatic carbocycles. The van der Waals surface area contributed by atoms with Crippen LogP contribution in [0.2, 0.25) is 0 Å². The molecule has 9 heteroatoms. The number of nitrogens with zero attached hydrogens (tertiary/aromatic N) is 4. The molecule has 1 atom stereocenters. The molecule has 0 spiro atoms. The van der Waals surface area contributed by atoms with E-state index < -0.39 is 0 Å². The minimum absolute atomic E-state index is 0. The summed E-state index contributed by atoms with van der Waals surface area (Å²) in [6.45, 7) is 11.5. The number of nitrogens with one attached hydrogen (secondary N) is 2. The molecule has 0 radical (unpaired) electrons. The van der Waals surface area contributed by atoms with Crippen molar-refractivity contribution in [3.05, 3.63) is 11.4 Å². The van der Waals surface area contributed by atoms with Gasteiger partial charge in [-0.2, -0.15) is 0 Å². The second-order valence-electron chi connectivity index (χ2n) is 8.05. The molecule has 0 saturated carbocycles. The lowest BCUT2D eigenvalue weighted by Gasteiger charge is -2.33. The molecule has 1 aromatic heterocycles. The Labute approximate surface area is 187 Å². The fraction of sp³-hybridized carbons (Fsp3) is 0.850. The smallest absolute Gasteiger partial charge is 0.273 e. The van der Waals surface area contributed by atoms with Crippen LogP contribution in [0.1, 0.15) is 74.6 Å². The van der Waals surface area contributed by atoms with Gasteiger partial charge in [0, 0.05) is 12.6 Å². The van der Waals surface area contributed by atoms with Crippen molar-refractivity contribution in [2.75, 3.05) is 32.7 Å². The fourth-order valence-electron chi connectivity index (χ4n) is 4.73. The predicted octanol–water partition coefficient (Wildman–Crippen LogP) is 2.99. The average molecular weight is 449 g/mol. The van der Waals surface area contributed by atoms with Gasteiger partial charge in [-0.05, 0) is 64.7 Å². The second kappa shape index (κ2) is 12.7. The largest absolute Gasteiger partial charge is 0.349 e. The lowest BCUT2D eigenvalue weighted by molar-refractivity contribution is 0.0912. The molecule has 3 rings (SSSR count). The maximum Gasteiger partial charge on any atom is 0.273 e. The fourth-order valence-corrected chi connectivity index (χ4v) is 4.73. The first kappa shape index (κ1) is 26.1. The van der Waals surface area contributed by atoms with Crippen molar-refractivity contribution < 1.29 is 4.79 Å². The Morgan fingerprint density at radius 2 is 1.79 bits per heavy atom. The van der Waals surface area contributed by atoms with Crippen LogP contribution >= 0.6 is 24.8 Å². The summed E-state index contributed by atoms with van der Waals surface area (Å²) in [7, 11) is 0. The van der Waals surface area contributed by atoms with E-state index in [4.69, 9.17) is 0 Å². The topological polar surface area (TPSA) is 75.1 Å². The number of rotatable bonds is 8. The van der Waals surface area contributed by atoms with Crippen molar-refractivity contribution in [3.8, 4) is 0 Å². The monoisotopic (exact) mass is 448 g/mol. The Bertz CT molecular complexity index is 608. The third kappa shape index (κ3) is 6.29. The zero-order chi connectivity index (χ0) is 19.2. The van der Waals surface area contributed by atoms with Gasteiger partial charge in [0.2, 0.25) is 0 Å². The molecule has 7 nitrogen and oxygen atoms in total. The summed E-state index contributed by atoms with van der Waals surface area (Å²) in [5, 5.41) is 15.1. The Balaban J connectivity index is 0.00000210. The van der Waals surface area contributed by atoms with E-state index in [0.29, 0.717) is 30.2 Å². The van der Waals surface area contributed by atoms with E-state index in [2.05, 4.69) is 39.7 Å². The van der Waals surface area contributed by atoms with Crippen molar-refractivity contribution in [2.24, 2.45) is 5.92 Å². The van der Waals surface area contributed by atoms with Gasteiger partial charge in [-0.1, -0.05) is 31.9 Å². The Hall–Kier alpha value is -0.890. The SMILES string of the molecule is CCC(CC)C(CNC(=O)c1nnn(C2CCNCC2)c1C)N1CCCC1.Cl.Cl. The Morgan fingerprint density at radius 1 is 1.17 bits per heavy atom. The summed E-state index contributed by atoms with van der Waals surface area (Å²) in [6.07, 6.45) is 6.92. The molecule has 0 aromatic carbocycles. The Kier molecular flexibility index (Phi) is 11.5. The number of hydrogen-bond donors (Lipinski definition) is 2. The molecule has 2 N–H and O–H groups in total. The highest BCUT2D eigenvalue weighted by molar-refractivity contribution is 5.93. The first-order valence-corrected chi connectivity index (χ1v) is 10.8. The first-order chi connectivity index (χ1) is 13.2. The molecular formula is C20H38Cl2N6O. The molecular weight excluding hydrogens is 411 g/mol. The first-order valence-electron chi connectivity index (χ1n) is 10.8. The summed E-state index contributed by atoms with van der Waals surface area (Å²) in [4.78, 5) is 15.4. The number of halogens is 2. The van der Waals surface area contributed by atoms with Gasteiger partial charge in [-0.3, -0.25) is 9.69 Å². The molecule has 2 aliphatic heterocycles. The number of aromatic nitrogens is 3. The molecule has 2 fully saturated rings. The number of amides is 1. The Morgan fingerprint density at radius 3 is 2.38 bits per heavy atom. The van der Waals surface area contributed by atoms with Crippen molar-refractivity contribution in [1.82, 2.24) is 30.5 Å². The molecule has 168 valence electrons. The number of hydrogen-bond acceptors (Lipinski definition) is 5. The summed E-state index contributed by atoms with van der Waals surface area (Å²) in [5.74, 6) is 0.540. The van der Waals surface area contributed by atoms with Crippen molar-refractivity contribution in [1.29, 1.82) is 0 Å². The third-order valence-corrected chi connectivity index (χ3v) is 6.47. The highest BCUT2D eigenvalue weighted by Crippen LogP contribution is 2.23. The van der Waals surface area contributed by atoms with Gasteiger partial charge in [-0.15, -0.1) is 29.9 Å². The number of carbonyl (C=O) groups is 1. The predicted molar refractivity (Wildman–Crippen MR) is 121 cm³/mol. The van der Waals surface area contributed by atoms with Crippen molar-refractivity contribution >= 4 is 30.7 Å². The highest BCUT2D eigenvalue weighted by Gasteiger charge is 2.29. The van der Waals surface area contributed by atoms with Gasteiger partial charge >= 0.3 is 0 Å². The summed E-state index contributed by atoms with van der Waals surface area (Å²) < 4.78 is 1.95. The molecule has 0 bridgehead atoms. The van der Waals surface area contributed by atoms with Crippen molar-refractivity contribution in [2.45, 2.75) is 71.4 Å². The zero-order valence-corrected chi connectivity index (χ0v) is 19.7. The van der Waals surface area contributed by atoms with E-state index in [9.17, 15) is 4.79 Å². The normalized spacial score (nSPS) is 18.9. The van der Waals surface area contributed by atoms with E-state index in [-0.39, 0.29) is 30.7 Å². The van der Waals surface area contributed by atoms with Gasteiger partial charge in [0.05, 0.1) is 11.7 Å². The molecule has 1 amide bonds. The number of carbonyl (C=O) groups excluding carboxylic acids is 1.